The van der Waals surface area contributed by atoms with Crippen LogP contribution in [0.15, 0.2) is 109 Å². The van der Waals surface area contributed by atoms with E-state index in [1.165, 1.54) is 0 Å². The van der Waals surface area contributed by atoms with Gasteiger partial charge in [0.25, 0.3) is 0 Å². The molecule has 0 radical (unpaired) electrons. The summed E-state index contributed by atoms with van der Waals surface area (Å²) in [7, 11) is -3.78. The predicted octanol–water partition coefficient (Wildman–Crippen LogP) is 10.1. The van der Waals surface area contributed by atoms with Gasteiger partial charge in [-0.3, -0.25) is 0 Å². The van der Waals surface area contributed by atoms with Gasteiger partial charge in [0.15, 0.2) is 16.6 Å². The lowest BCUT2D eigenvalue weighted by Crippen LogP contribution is -2.40. The molecular weight excluding hydrogens is 821 g/mol. The predicted molar refractivity (Wildman–Crippen MR) is 259 cm³/mol. The summed E-state index contributed by atoms with van der Waals surface area (Å²) < 4.78 is 12.7. The Morgan fingerprint density at radius 2 is 0.516 bits per heavy atom. The van der Waals surface area contributed by atoms with E-state index >= 15 is 0 Å². The third-order valence-corrected chi connectivity index (χ3v) is 19.9. The molecule has 0 saturated carbocycles. The second kappa shape index (κ2) is 20.5. The van der Waals surface area contributed by atoms with Gasteiger partial charge in [-0.05, 0) is 168 Å². The average Bonchev–Trinajstić information content (AvgIpc) is 3.27. The SMILES string of the molecule is CC(C)(C)[Si](C)(C)OCc1cccc(C#Cc2cccc(C#Cc3cccc(C#Cc4cccc(C#Cc5cccc(C#Cc6cccc(CO[Si](C)(C)C(C)(C)C)n6)n5)n4)n3)n2)n1. The van der Waals surface area contributed by atoms with E-state index in [-0.39, 0.29) is 10.1 Å². The van der Waals surface area contributed by atoms with Crippen molar-refractivity contribution in [1.82, 2.24) is 29.9 Å². The minimum atomic E-state index is -1.89. The van der Waals surface area contributed by atoms with Crippen LogP contribution >= 0.6 is 0 Å². The Kier molecular flexibility index (Phi) is 14.9. The number of aromatic nitrogens is 6. The van der Waals surface area contributed by atoms with E-state index in [4.69, 9.17) is 18.8 Å². The molecule has 0 N–H and O–H groups in total. The van der Waals surface area contributed by atoms with E-state index < -0.39 is 16.6 Å². The molecule has 0 aliphatic heterocycles. The third-order valence-electron chi connectivity index (χ3n) is 11.0. The van der Waals surface area contributed by atoms with Gasteiger partial charge in [0.2, 0.25) is 0 Å². The van der Waals surface area contributed by atoms with Crippen LogP contribution in [0.4, 0.5) is 0 Å². The summed E-state index contributed by atoms with van der Waals surface area (Å²) in [6.07, 6.45) is 0. The summed E-state index contributed by atoms with van der Waals surface area (Å²) in [6, 6.07) is 33.8. The van der Waals surface area contributed by atoms with E-state index in [9.17, 15) is 0 Å². The highest BCUT2D eigenvalue weighted by molar-refractivity contribution is 6.74. The maximum Gasteiger partial charge on any atom is 0.192 e. The van der Waals surface area contributed by atoms with E-state index in [0.717, 1.165) is 11.4 Å². The quantitative estimate of drug-likeness (QED) is 0.121. The Morgan fingerprint density at radius 3 is 0.719 bits per heavy atom. The molecule has 0 unspecified atom stereocenters. The lowest BCUT2D eigenvalue weighted by Gasteiger charge is -2.36. The van der Waals surface area contributed by atoms with Crippen molar-refractivity contribution in [3.05, 3.63) is 178 Å². The highest BCUT2D eigenvalue weighted by Gasteiger charge is 2.38. The van der Waals surface area contributed by atoms with Crippen LogP contribution in [0.2, 0.25) is 36.3 Å². The van der Waals surface area contributed by atoms with Gasteiger partial charge in [-0.15, -0.1) is 0 Å². The Morgan fingerprint density at radius 1 is 0.328 bits per heavy atom. The highest BCUT2D eigenvalue weighted by Crippen LogP contribution is 2.38. The number of pyridine rings is 6. The maximum absolute atomic E-state index is 6.35. The molecule has 0 saturated heterocycles. The number of rotatable bonds is 6. The van der Waals surface area contributed by atoms with Gasteiger partial charge in [0.05, 0.1) is 24.6 Å². The summed E-state index contributed by atoms with van der Waals surface area (Å²) in [5.74, 6) is 31.1. The second-order valence-electron chi connectivity index (χ2n) is 18.0. The second-order valence-corrected chi connectivity index (χ2v) is 27.6. The van der Waals surface area contributed by atoms with Crippen LogP contribution in [0.25, 0.3) is 0 Å². The van der Waals surface area contributed by atoms with Gasteiger partial charge >= 0.3 is 0 Å². The van der Waals surface area contributed by atoms with Crippen LogP contribution < -0.4 is 0 Å². The lowest BCUT2D eigenvalue weighted by molar-refractivity contribution is 0.272. The Bertz CT molecular complexity index is 2780. The van der Waals surface area contributed by atoms with Crippen LogP contribution in [-0.2, 0) is 22.1 Å². The van der Waals surface area contributed by atoms with Crippen LogP contribution in [-0.4, -0.2) is 46.5 Å². The van der Waals surface area contributed by atoms with Gasteiger partial charge < -0.3 is 8.85 Å². The Hall–Kier alpha value is -6.95. The van der Waals surface area contributed by atoms with Gasteiger partial charge in [-0.25, -0.2) is 29.9 Å². The molecule has 318 valence electrons. The molecule has 0 atom stereocenters. The molecule has 0 bridgehead atoms. The van der Waals surface area contributed by atoms with Crippen LogP contribution in [0.1, 0.15) is 110 Å². The van der Waals surface area contributed by atoms with Gasteiger partial charge in [-0.2, -0.15) is 0 Å². The molecule has 6 heterocycles. The van der Waals surface area contributed by atoms with Crippen molar-refractivity contribution in [3.63, 3.8) is 0 Å². The number of nitrogens with zero attached hydrogens (tertiary/aromatic N) is 6. The van der Waals surface area contributed by atoms with E-state index in [1.54, 1.807) is 0 Å². The molecule has 0 spiro atoms. The Labute approximate surface area is 381 Å². The molecule has 0 fully saturated rings. The van der Waals surface area contributed by atoms with Crippen molar-refractivity contribution < 1.29 is 8.85 Å². The molecule has 6 aromatic rings. The molecule has 8 nitrogen and oxygen atoms in total. The Balaban J connectivity index is 1.07. The zero-order valence-electron chi connectivity index (χ0n) is 38.3. The van der Waals surface area contributed by atoms with Crippen molar-refractivity contribution in [3.8, 4) is 59.2 Å². The fourth-order valence-electron chi connectivity index (χ4n) is 5.14. The topological polar surface area (TPSA) is 95.8 Å². The van der Waals surface area contributed by atoms with Crippen LogP contribution in [0, 0.1) is 59.2 Å². The first-order valence-corrected chi connectivity index (χ1v) is 26.9. The number of hydrogen-bond donors (Lipinski definition) is 0. The zero-order valence-corrected chi connectivity index (χ0v) is 40.3. The van der Waals surface area contributed by atoms with Crippen molar-refractivity contribution >= 4 is 16.6 Å². The first kappa shape index (κ1) is 46.6. The van der Waals surface area contributed by atoms with Crippen molar-refractivity contribution in [2.24, 2.45) is 0 Å². The van der Waals surface area contributed by atoms with E-state index in [0.29, 0.717) is 70.2 Å². The fraction of sp³-hybridized carbons (Fsp3) is 0.259. The molecule has 6 aromatic heterocycles. The standard InChI is InChI=1S/C54H52N6O2Si2/c1-53(2,3)63(7,8)61-39-51-27-15-25-49(59-51)37-35-47-23-13-21-45(57-47)33-31-43-19-11-17-41(55-43)29-30-42-18-12-20-44(56-42)32-34-46-22-14-24-48(58-46)36-38-50-26-16-28-52(60-50)40-62-64(9,10)54(4,5)6/h11-28H,39-40H2,1-10H3. The first-order valence-electron chi connectivity index (χ1n) is 21.1. The summed E-state index contributed by atoms with van der Waals surface area (Å²) in [4.78, 5) is 27.9. The fourth-order valence-corrected chi connectivity index (χ4v) is 7.02. The van der Waals surface area contributed by atoms with Gasteiger partial charge in [0.1, 0.15) is 56.9 Å². The minimum absolute atomic E-state index is 0.127. The molecule has 0 amide bonds. The third kappa shape index (κ3) is 13.8. The largest absolute Gasteiger partial charge is 0.411 e. The van der Waals surface area contributed by atoms with Crippen molar-refractivity contribution in [2.45, 2.75) is 91.0 Å². The van der Waals surface area contributed by atoms with Crippen molar-refractivity contribution in [1.29, 1.82) is 0 Å². The highest BCUT2D eigenvalue weighted by atomic mass is 28.4. The summed E-state index contributed by atoms with van der Waals surface area (Å²) in [5.41, 5.74) is 7.63. The molecule has 6 rings (SSSR count). The summed E-state index contributed by atoms with van der Waals surface area (Å²) in [5, 5.41) is 0.253. The summed E-state index contributed by atoms with van der Waals surface area (Å²) >= 11 is 0. The van der Waals surface area contributed by atoms with Gasteiger partial charge in [-0.1, -0.05) is 77.9 Å². The monoisotopic (exact) mass is 872 g/mol. The molecular formula is C54H52N6O2Si2. The molecule has 0 aliphatic carbocycles. The minimum Gasteiger partial charge on any atom is -0.411 e. The van der Waals surface area contributed by atoms with Crippen molar-refractivity contribution in [2.75, 3.05) is 0 Å². The van der Waals surface area contributed by atoms with Crippen LogP contribution in [0.5, 0.6) is 0 Å². The van der Waals surface area contributed by atoms with Gasteiger partial charge in [0, 0.05) is 0 Å². The van der Waals surface area contributed by atoms with E-state index in [1.807, 2.05) is 109 Å². The normalized spacial score (nSPS) is 11.2. The average molecular weight is 873 g/mol. The van der Waals surface area contributed by atoms with Crippen LogP contribution in [0.3, 0.4) is 0 Å². The lowest BCUT2D eigenvalue weighted by atomic mass is 10.2. The molecule has 0 aliphatic rings. The molecule has 10 heteroatoms. The first-order chi connectivity index (χ1) is 30.4. The maximum atomic E-state index is 6.35. The zero-order chi connectivity index (χ0) is 45.8. The summed E-state index contributed by atoms with van der Waals surface area (Å²) in [6.45, 7) is 23.2. The molecule has 0 aromatic carbocycles. The smallest absolute Gasteiger partial charge is 0.192 e. The van der Waals surface area contributed by atoms with E-state index in [2.05, 4.69) is 147 Å². The number of hydrogen-bond acceptors (Lipinski definition) is 8. The molecule has 64 heavy (non-hydrogen) atoms.